The van der Waals surface area contributed by atoms with Crippen LogP contribution in [0.2, 0.25) is 0 Å². The molecule has 0 spiro atoms. The summed E-state index contributed by atoms with van der Waals surface area (Å²) >= 11 is 0. The molecule has 3 N–H and O–H groups in total. The molecule has 0 aliphatic carbocycles. The Morgan fingerprint density at radius 2 is 1.84 bits per heavy atom. The van der Waals surface area contributed by atoms with Gasteiger partial charge < -0.3 is 20.2 Å². The molecule has 3 rings (SSSR count). The van der Waals surface area contributed by atoms with Gasteiger partial charge in [0.05, 0.1) is 19.8 Å². The highest BCUT2D eigenvalue weighted by Gasteiger charge is 2.12. The predicted octanol–water partition coefficient (Wildman–Crippen LogP) is 4.16. The zero-order chi connectivity index (χ0) is 18.4. The first-order chi connectivity index (χ1) is 12.1. The van der Waals surface area contributed by atoms with Crippen LogP contribution in [-0.4, -0.2) is 25.2 Å². The Hall–Kier alpha value is -2.95. The van der Waals surface area contributed by atoms with E-state index in [9.17, 15) is 4.79 Å². The van der Waals surface area contributed by atoms with Crippen molar-refractivity contribution in [2.24, 2.45) is 0 Å². The molecule has 0 unspecified atom stereocenters. The summed E-state index contributed by atoms with van der Waals surface area (Å²) in [7, 11) is 2.95. The molecule has 5 heteroatoms. The van der Waals surface area contributed by atoms with Crippen molar-refractivity contribution in [3.05, 3.63) is 59.3 Å². The number of carbonyl (C=O) groups excluding carboxylic acids is 1. The molecule has 5 nitrogen and oxygen atoms in total. The molecule has 0 bridgehead atoms. The first kappa shape index (κ1) is 18.4. The lowest BCUT2D eigenvalue weighted by Crippen LogP contribution is -2.03. The lowest BCUT2D eigenvalue weighted by molar-refractivity contribution is 0.0600. The molecular weight excluding hydrogens is 316 g/mol. The van der Waals surface area contributed by atoms with E-state index in [1.165, 1.54) is 7.11 Å². The number of methoxy groups -OCH3 is 2. The van der Waals surface area contributed by atoms with Crippen LogP contribution in [0, 0.1) is 0 Å². The van der Waals surface area contributed by atoms with Crippen molar-refractivity contribution >= 4 is 22.6 Å². The summed E-state index contributed by atoms with van der Waals surface area (Å²) in [5.41, 5.74) is 10.2. The van der Waals surface area contributed by atoms with Gasteiger partial charge in [-0.2, -0.15) is 0 Å². The maximum Gasteiger partial charge on any atom is 0.337 e. The average molecular weight is 340 g/mol. The van der Waals surface area contributed by atoms with Crippen LogP contribution in [0.15, 0.2) is 42.6 Å². The van der Waals surface area contributed by atoms with Crippen molar-refractivity contribution in [3.8, 4) is 5.75 Å². The van der Waals surface area contributed by atoms with E-state index in [0.717, 1.165) is 27.7 Å². The maximum atomic E-state index is 11.6. The first-order valence-corrected chi connectivity index (χ1v) is 8.23. The molecule has 0 saturated heterocycles. The molecule has 3 aromatic rings. The predicted molar refractivity (Wildman–Crippen MR) is 101 cm³/mol. The van der Waals surface area contributed by atoms with E-state index in [1.807, 2.05) is 44.3 Å². The third-order valence-electron chi connectivity index (χ3n) is 3.88. The number of nitrogens with one attached hydrogen (secondary N) is 1. The average Bonchev–Trinajstić information content (AvgIpc) is 3.05. The fourth-order valence-electron chi connectivity index (χ4n) is 2.68. The fraction of sp³-hybridized carbons (Fsp3) is 0.250. The minimum atomic E-state index is -0.380. The van der Waals surface area contributed by atoms with Crippen molar-refractivity contribution in [1.82, 2.24) is 4.98 Å². The van der Waals surface area contributed by atoms with E-state index in [0.29, 0.717) is 17.7 Å². The molecule has 132 valence electrons. The number of anilines is 1. The lowest BCUT2D eigenvalue weighted by atomic mass is 10.0. The topological polar surface area (TPSA) is 77.3 Å². The lowest BCUT2D eigenvalue weighted by Gasteiger charge is -2.10. The molecule has 2 aromatic carbocycles. The number of aromatic nitrogens is 1. The van der Waals surface area contributed by atoms with Gasteiger partial charge in [0.15, 0.2) is 0 Å². The van der Waals surface area contributed by atoms with Gasteiger partial charge in [0, 0.05) is 29.2 Å². The quantitative estimate of drug-likeness (QED) is 0.552. The minimum absolute atomic E-state index is 0.380. The van der Waals surface area contributed by atoms with Gasteiger partial charge in [-0.05, 0) is 41.5 Å². The van der Waals surface area contributed by atoms with Gasteiger partial charge in [-0.15, -0.1) is 0 Å². The van der Waals surface area contributed by atoms with E-state index in [1.54, 1.807) is 19.2 Å². The van der Waals surface area contributed by atoms with Crippen molar-refractivity contribution in [2.75, 3.05) is 20.0 Å². The number of benzene rings is 2. The second-order valence-corrected chi connectivity index (χ2v) is 5.31. The standard InChI is InChI=1S/C18H18N2O3.C2H6/c1-22-17-8-12(18(21)23-2)4-3-11(17)7-13-10-20-16-6-5-14(19)9-15(13)16;1-2/h3-6,8-10,20H,7,19H2,1-2H3;1-2H3. The van der Waals surface area contributed by atoms with Crippen LogP contribution in [0.1, 0.15) is 35.3 Å². The number of fused-ring (bicyclic) bond motifs is 1. The number of esters is 1. The van der Waals surface area contributed by atoms with Crippen molar-refractivity contribution < 1.29 is 14.3 Å². The monoisotopic (exact) mass is 340 g/mol. The Kier molecular flexibility index (Phi) is 6.06. The molecule has 1 heterocycles. The van der Waals surface area contributed by atoms with Crippen LogP contribution in [0.3, 0.4) is 0 Å². The molecule has 0 saturated carbocycles. The molecule has 0 atom stereocenters. The summed E-state index contributed by atoms with van der Waals surface area (Å²) in [5.74, 6) is 0.279. The number of aromatic amines is 1. The van der Waals surface area contributed by atoms with Gasteiger partial charge in [-0.1, -0.05) is 19.9 Å². The number of hydrogen-bond donors (Lipinski definition) is 2. The number of carbonyl (C=O) groups is 1. The summed E-state index contributed by atoms with van der Waals surface area (Å²) in [6.07, 6.45) is 2.64. The Morgan fingerprint density at radius 3 is 2.52 bits per heavy atom. The zero-order valence-corrected chi connectivity index (χ0v) is 15.1. The molecule has 0 aliphatic rings. The van der Waals surface area contributed by atoms with Gasteiger partial charge in [0.1, 0.15) is 5.75 Å². The van der Waals surface area contributed by atoms with Crippen LogP contribution >= 0.6 is 0 Å². The molecular formula is C20H24N2O3. The minimum Gasteiger partial charge on any atom is -0.496 e. The van der Waals surface area contributed by atoms with E-state index < -0.39 is 0 Å². The molecule has 25 heavy (non-hydrogen) atoms. The second kappa shape index (κ2) is 8.24. The number of rotatable bonds is 4. The van der Waals surface area contributed by atoms with E-state index in [2.05, 4.69) is 4.98 Å². The third-order valence-corrected chi connectivity index (χ3v) is 3.88. The number of nitrogen functional groups attached to an aromatic ring is 1. The van der Waals surface area contributed by atoms with Crippen LogP contribution in [0.25, 0.3) is 10.9 Å². The first-order valence-electron chi connectivity index (χ1n) is 8.23. The van der Waals surface area contributed by atoms with Crippen molar-refractivity contribution in [3.63, 3.8) is 0 Å². The highest BCUT2D eigenvalue weighted by Crippen LogP contribution is 2.28. The summed E-state index contributed by atoms with van der Waals surface area (Å²) < 4.78 is 10.2. The third kappa shape index (κ3) is 3.94. The number of nitrogens with two attached hydrogens (primary N) is 1. The number of ether oxygens (including phenoxy) is 2. The van der Waals surface area contributed by atoms with Gasteiger partial charge in [-0.3, -0.25) is 0 Å². The van der Waals surface area contributed by atoms with Gasteiger partial charge >= 0.3 is 5.97 Å². The van der Waals surface area contributed by atoms with Crippen LogP contribution in [0.5, 0.6) is 5.75 Å². The second-order valence-electron chi connectivity index (χ2n) is 5.31. The van der Waals surface area contributed by atoms with Crippen LogP contribution in [0.4, 0.5) is 5.69 Å². The Morgan fingerprint density at radius 1 is 1.08 bits per heavy atom. The highest BCUT2D eigenvalue weighted by molar-refractivity contribution is 5.90. The maximum absolute atomic E-state index is 11.6. The van der Waals surface area contributed by atoms with E-state index in [4.69, 9.17) is 15.2 Å². The summed E-state index contributed by atoms with van der Waals surface area (Å²) in [6, 6.07) is 11.1. The van der Waals surface area contributed by atoms with Gasteiger partial charge in [0.25, 0.3) is 0 Å². The molecule has 0 amide bonds. The van der Waals surface area contributed by atoms with Crippen molar-refractivity contribution in [2.45, 2.75) is 20.3 Å². The SMILES string of the molecule is CC.COC(=O)c1ccc(Cc2c[nH]c3ccc(N)cc23)c(OC)c1. The van der Waals surface area contributed by atoms with Crippen molar-refractivity contribution in [1.29, 1.82) is 0 Å². The Labute approximate surface area is 147 Å². The molecule has 0 radical (unpaired) electrons. The van der Waals surface area contributed by atoms with Gasteiger partial charge in [-0.25, -0.2) is 4.79 Å². The number of hydrogen-bond acceptors (Lipinski definition) is 4. The zero-order valence-electron chi connectivity index (χ0n) is 15.1. The number of H-pyrrole nitrogens is 1. The molecule has 1 aromatic heterocycles. The van der Waals surface area contributed by atoms with Crippen LogP contribution in [-0.2, 0) is 11.2 Å². The fourth-order valence-corrected chi connectivity index (χ4v) is 2.68. The highest BCUT2D eigenvalue weighted by atomic mass is 16.5. The van der Waals surface area contributed by atoms with E-state index in [-0.39, 0.29) is 5.97 Å². The Bertz CT molecular complexity index is 869. The molecule has 0 aliphatic heterocycles. The summed E-state index contributed by atoms with van der Waals surface area (Å²) in [6.45, 7) is 4.00. The summed E-state index contributed by atoms with van der Waals surface area (Å²) in [5, 5.41) is 1.09. The largest absolute Gasteiger partial charge is 0.496 e. The van der Waals surface area contributed by atoms with Crippen LogP contribution < -0.4 is 10.5 Å². The van der Waals surface area contributed by atoms with E-state index >= 15 is 0 Å². The normalized spacial score (nSPS) is 10.1. The smallest absolute Gasteiger partial charge is 0.337 e. The van der Waals surface area contributed by atoms with Gasteiger partial charge in [0.2, 0.25) is 0 Å². The Balaban J connectivity index is 0.00000109. The summed E-state index contributed by atoms with van der Waals surface area (Å²) in [4.78, 5) is 14.9. The molecule has 0 fully saturated rings.